The van der Waals surface area contributed by atoms with Gasteiger partial charge < -0.3 is 14.4 Å². The molecule has 3 aliphatic rings. The first kappa shape index (κ1) is 25.0. The molecule has 0 radical (unpaired) electrons. The minimum absolute atomic E-state index is 0.0107. The largest absolute Gasteiger partial charge is 0.337 e. The number of fused-ring (bicyclic) bond motifs is 1. The molecular formula is C30H34F2N4O2. The maximum atomic E-state index is 13.7. The summed E-state index contributed by atoms with van der Waals surface area (Å²) in [6.45, 7) is 3.33. The molecule has 6 nitrogen and oxygen atoms in total. The summed E-state index contributed by atoms with van der Waals surface area (Å²) >= 11 is 0. The zero-order chi connectivity index (χ0) is 26.3. The van der Waals surface area contributed by atoms with Crippen LogP contribution < -0.4 is 0 Å². The van der Waals surface area contributed by atoms with Crippen LogP contribution in [0.5, 0.6) is 0 Å². The van der Waals surface area contributed by atoms with Gasteiger partial charge in [0.2, 0.25) is 0 Å². The van der Waals surface area contributed by atoms with E-state index in [1.165, 1.54) is 30.6 Å². The number of nitrogens with zero attached hydrogens (tertiary/aromatic N) is 4. The second-order valence-electron chi connectivity index (χ2n) is 10.9. The molecule has 1 saturated carbocycles. The lowest BCUT2D eigenvalue weighted by molar-refractivity contribution is -0.0495. The Morgan fingerprint density at radius 1 is 0.763 bits per heavy atom. The lowest BCUT2D eigenvalue weighted by atomic mass is 10.1. The summed E-state index contributed by atoms with van der Waals surface area (Å²) in [7, 11) is 0. The number of likely N-dealkylation sites (tertiary alicyclic amines) is 1. The third kappa shape index (κ3) is 4.82. The summed E-state index contributed by atoms with van der Waals surface area (Å²) in [4.78, 5) is 33.0. The van der Waals surface area contributed by atoms with Crippen molar-refractivity contribution < 1.29 is 18.4 Å². The number of halogens is 2. The Kier molecular flexibility index (Phi) is 6.68. The molecular weight excluding hydrogens is 486 g/mol. The summed E-state index contributed by atoms with van der Waals surface area (Å²) in [5.74, 6) is -2.98. The highest BCUT2D eigenvalue weighted by Gasteiger charge is 2.37. The molecule has 0 spiro atoms. The smallest absolute Gasteiger partial charge is 0.270 e. The Balaban J connectivity index is 1.27. The second-order valence-corrected chi connectivity index (χ2v) is 10.9. The van der Waals surface area contributed by atoms with E-state index in [1.54, 1.807) is 6.07 Å². The van der Waals surface area contributed by atoms with E-state index in [4.69, 9.17) is 0 Å². The number of carbonyl (C=O) groups excluding carboxylic acids is 2. The fourth-order valence-electron chi connectivity index (χ4n) is 6.30. The maximum Gasteiger partial charge on any atom is 0.270 e. The normalized spacial score (nSPS) is 20.8. The fourth-order valence-corrected chi connectivity index (χ4v) is 6.30. The predicted octanol–water partition coefficient (Wildman–Crippen LogP) is 5.20. The number of hydrogen-bond donors (Lipinski definition) is 0. The van der Waals surface area contributed by atoms with Crippen LogP contribution >= 0.6 is 0 Å². The maximum absolute atomic E-state index is 13.7. The van der Waals surface area contributed by atoms with Crippen molar-refractivity contribution >= 4 is 22.7 Å². The van der Waals surface area contributed by atoms with E-state index in [0.717, 1.165) is 42.8 Å². The SMILES string of the molecule is O=C(c1ccc2c(c1)cc(C(=O)N1CCC(F)(F)CC1)n2-c1ccccc1)N1CCN(C2CCCC2)CC1. The van der Waals surface area contributed by atoms with Crippen molar-refractivity contribution in [2.24, 2.45) is 0 Å². The summed E-state index contributed by atoms with van der Waals surface area (Å²) in [6.07, 6.45) is 4.50. The van der Waals surface area contributed by atoms with Gasteiger partial charge in [0, 0.05) is 74.8 Å². The molecule has 2 amide bonds. The van der Waals surface area contributed by atoms with Crippen molar-refractivity contribution in [3.05, 3.63) is 65.9 Å². The van der Waals surface area contributed by atoms with Crippen LogP contribution in [0.15, 0.2) is 54.6 Å². The van der Waals surface area contributed by atoms with Crippen molar-refractivity contribution in [2.45, 2.75) is 50.5 Å². The molecule has 200 valence electrons. The lowest BCUT2D eigenvalue weighted by Gasteiger charge is -2.38. The average molecular weight is 521 g/mol. The molecule has 2 saturated heterocycles. The minimum atomic E-state index is -2.72. The first-order valence-electron chi connectivity index (χ1n) is 13.8. The molecule has 38 heavy (non-hydrogen) atoms. The zero-order valence-electron chi connectivity index (χ0n) is 21.6. The molecule has 0 N–H and O–H groups in total. The van der Waals surface area contributed by atoms with E-state index < -0.39 is 5.92 Å². The number of para-hydroxylation sites is 1. The molecule has 2 aliphatic heterocycles. The van der Waals surface area contributed by atoms with E-state index >= 15 is 0 Å². The molecule has 3 heterocycles. The Hall–Kier alpha value is -3.26. The highest BCUT2D eigenvalue weighted by molar-refractivity contribution is 6.03. The van der Waals surface area contributed by atoms with E-state index in [2.05, 4.69) is 4.90 Å². The van der Waals surface area contributed by atoms with Gasteiger partial charge in [0.1, 0.15) is 5.69 Å². The third-order valence-electron chi connectivity index (χ3n) is 8.51. The van der Waals surface area contributed by atoms with Gasteiger partial charge in [-0.25, -0.2) is 8.78 Å². The van der Waals surface area contributed by atoms with Crippen LogP contribution in [-0.4, -0.2) is 82.3 Å². The zero-order valence-corrected chi connectivity index (χ0v) is 21.6. The number of aromatic nitrogens is 1. The quantitative estimate of drug-likeness (QED) is 0.475. The molecule has 2 aromatic carbocycles. The fraction of sp³-hybridized carbons (Fsp3) is 0.467. The molecule has 0 unspecified atom stereocenters. The van der Waals surface area contributed by atoms with Crippen LogP contribution in [0.4, 0.5) is 8.78 Å². The van der Waals surface area contributed by atoms with Crippen LogP contribution in [0.1, 0.15) is 59.4 Å². The Morgan fingerprint density at radius 3 is 2.11 bits per heavy atom. The Labute approximate surface area is 221 Å². The summed E-state index contributed by atoms with van der Waals surface area (Å²) < 4.78 is 29.4. The van der Waals surface area contributed by atoms with Crippen LogP contribution in [0, 0.1) is 0 Å². The molecule has 1 aromatic heterocycles. The van der Waals surface area contributed by atoms with Crippen LogP contribution in [0.3, 0.4) is 0 Å². The van der Waals surface area contributed by atoms with E-state index in [9.17, 15) is 18.4 Å². The van der Waals surface area contributed by atoms with Crippen molar-refractivity contribution in [1.82, 2.24) is 19.3 Å². The standard InChI is InChI=1S/C30H34F2N4O2/c31-30(32)12-14-34(15-13-30)29(38)27-21-23-20-22(10-11-26(23)36(27)25-8-2-1-3-9-25)28(37)35-18-16-33(17-19-35)24-6-4-5-7-24/h1-3,8-11,20-21,24H,4-7,12-19H2. The highest BCUT2D eigenvalue weighted by atomic mass is 19.3. The molecule has 3 aromatic rings. The van der Waals surface area contributed by atoms with Gasteiger partial charge >= 0.3 is 0 Å². The number of alkyl halides is 2. The predicted molar refractivity (Wildman–Crippen MR) is 143 cm³/mol. The number of amides is 2. The first-order valence-corrected chi connectivity index (χ1v) is 13.8. The van der Waals surface area contributed by atoms with Gasteiger partial charge in [0.25, 0.3) is 17.7 Å². The molecule has 1 aliphatic carbocycles. The number of piperidine rings is 1. The number of benzene rings is 2. The van der Waals surface area contributed by atoms with E-state index in [0.29, 0.717) is 17.3 Å². The number of piperazine rings is 1. The summed E-state index contributed by atoms with van der Waals surface area (Å²) in [5, 5.41) is 0.787. The van der Waals surface area contributed by atoms with Crippen molar-refractivity contribution in [3.63, 3.8) is 0 Å². The molecule has 0 atom stereocenters. The monoisotopic (exact) mass is 520 g/mol. The van der Waals surface area contributed by atoms with Gasteiger partial charge in [-0.1, -0.05) is 31.0 Å². The number of rotatable bonds is 4. The summed E-state index contributed by atoms with van der Waals surface area (Å²) in [6, 6.07) is 17.6. The molecule has 8 heteroatoms. The van der Waals surface area contributed by atoms with Crippen LogP contribution in [0.25, 0.3) is 16.6 Å². The van der Waals surface area contributed by atoms with Gasteiger partial charge in [-0.05, 0) is 49.2 Å². The topological polar surface area (TPSA) is 48.8 Å². The van der Waals surface area contributed by atoms with Gasteiger partial charge in [0.05, 0.1) is 5.52 Å². The third-order valence-corrected chi connectivity index (χ3v) is 8.51. The average Bonchev–Trinajstić information content (AvgIpc) is 3.61. The van der Waals surface area contributed by atoms with Crippen LogP contribution in [0.2, 0.25) is 0 Å². The summed E-state index contributed by atoms with van der Waals surface area (Å²) in [5.41, 5.74) is 2.65. The van der Waals surface area contributed by atoms with Crippen molar-refractivity contribution in [2.75, 3.05) is 39.3 Å². The minimum Gasteiger partial charge on any atom is -0.337 e. The van der Waals surface area contributed by atoms with Crippen LogP contribution in [-0.2, 0) is 0 Å². The first-order chi connectivity index (χ1) is 18.4. The molecule has 0 bridgehead atoms. The lowest BCUT2D eigenvalue weighted by Crippen LogP contribution is -2.51. The number of carbonyl (C=O) groups is 2. The van der Waals surface area contributed by atoms with Gasteiger partial charge in [0.15, 0.2) is 0 Å². The Bertz CT molecular complexity index is 1310. The number of hydrogen-bond acceptors (Lipinski definition) is 3. The molecule has 3 fully saturated rings. The second kappa shape index (κ2) is 10.1. The van der Waals surface area contributed by atoms with Gasteiger partial charge in [-0.2, -0.15) is 0 Å². The van der Waals surface area contributed by atoms with Gasteiger partial charge in [-0.3, -0.25) is 14.5 Å². The van der Waals surface area contributed by atoms with Crippen molar-refractivity contribution in [1.29, 1.82) is 0 Å². The van der Waals surface area contributed by atoms with E-state index in [-0.39, 0.29) is 37.7 Å². The molecule has 6 rings (SSSR count). The van der Waals surface area contributed by atoms with E-state index in [1.807, 2.05) is 58.0 Å². The Morgan fingerprint density at radius 2 is 1.42 bits per heavy atom. The van der Waals surface area contributed by atoms with Crippen molar-refractivity contribution in [3.8, 4) is 5.69 Å². The van der Waals surface area contributed by atoms with Gasteiger partial charge in [-0.15, -0.1) is 0 Å². The highest BCUT2D eigenvalue weighted by Crippen LogP contribution is 2.31.